The number of ether oxygens (including phenoxy) is 1. The maximum absolute atomic E-state index is 11.5. The zero-order valence-electron chi connectivity index (χ0n) is 11.4. The van der Waals surface area contributed by atoms with Crippen LogP contribution in [0.3, 0.4) is 0 Å². The number of nitrogens with one attached hydrogen (secondary N) is 1. The van der Waals surface area contributed by atoms with Gasteiger partial charge in [0.2, 0.25) is 0 Å². The summed E-state index contributed by atoms with van der Waals surface area (Å²) >= 11 is 0. The van der Waals surface area contributed by atoms with Crippen LogP contribution in [0.1, 0.15) is 52.9 Å². The summed E-state index contributed by atoms with van der Waals surface area (Å²) in [4.78, 5) is 22.6. The van der Waals surface area contributed by atoms with Crippen molar-refractivity contribution in [2.75, 3.05) is 0 Å². The lowest BCUT2D eigenvalue weighted by atomic mass is 9.81. The first kappa shape index (κ1) is 14.8. The molecule has 0 aliphatic heterocycles. The van der Waals surface area contributed by atoms with Crippen LogP contribution in [0, 0.1) is 5.92 Å². The van der Waals surface area contributed by atoms with E-state index in [1.165, 1.54) is 19.3 Å². The lowest BCUT2D eigenvalue weighted by Gasteiger charge is -2.27. The minimum Gasteiger partial charge on any atom is -0.480 e. The van der Waals surface area contributed by atoms with Crippen molar-refractivity contribution in [1.82, 2.24) is 5.32 Å². The Morgan fingerprint density at radius 3 is 2.39 bits per heavy atom. The van der Waals surface area contributed by atoms with E-state index in [0.29, 0.717) is 12.3 Å². The molecule has 5 nitrogen and oxygen atoms in total. The number of carboxylic acids is 1. The molecule has 18 heavy (non-hydrogen) atoms. The number of aliphatic carboxylic acids is 1. The van der Waals surface area contributed by atoms with E-state index in [0.717, 1.165) is 6.42 Å². The Kier molecular flexibility index (Phi) is 4.99. The van der Waals surface area contributed by atoms with Crippen LogP contribution in [0.25, 0.3) is 0 Å². The number of carbonyl (C=O) groups excluding carboxylic acids is 1. The number of carboxylic acid groups (broad SMARTS) is 1. The number of carbonyl (C=O) groups is 2. The van der Waals surface area contributed by atoms with Gasteiger partial charge in [0.05, 0.1) is 0 Å². The smallest absolute Gasteiger partial charge is 0.408 e. The van der Waals surface area contributed by atoms with Gasteiger partial charge in [-0.3, -0.25) is 0 Å². The first-order valence-corrected chi connectivity index (χ1v) is 6.50. The molecule has 0 radical (unpaired) electrons. The molecule has 0 aromatic heterocycles. The van der Waals surface area contributed by atoms with Crippen LogP contribution in [0.15, 0.2) is 0 Å². The van der Waals surface area contributed by atoms with E-state index in [-0.39, 0.29) is 0 Å². The summed E-state index contributed by atoms with van der Waals surface area (Å²) in [7, 11) is 0. The Morgan fingerprint density at radius 2 is 2.00 bits per heavy atom. The Bertz CT molecular complexity index is 305. The van der Waals surface area contributed by atoms with E-state index in [1.54, 1.807) is 20.8 Å². The normalized spacial score (nSPS) is 17.7. The van der Waals surface area contributed by atoms with Crippen molar-refractivity contribution in [1.29, 1.82) is 0 Å². The monoisotopic (exact) mass is 257 g/mol. The summed E-state index contributed by atoms with van der Waals surface area (Å²) in [5.74, 6) is -0.368. The molecule has 1 fully saturated rings. The van der Waals surface area contributed by atoms with Crippen molar-refractivity contribution >= 4 is 12.1 Å². The van der Waals surface area contributed by atoms with Gasteiger partial charge in [0.25, 0.3) is 0 Å². The first-order valence-electron chi connectivity index (χ1n) is 6.50. The van der Waals surface area contributed by atoms with Crippen molar-refractivity contribution in [3.8, 4) is 0 Å². The van der Waals surface area contributed by atoms with E-state index in [4.69, 9.17) is 9.84 Å². The fourth-order valence-corrected chi connectivity index (χ4v) is 1.89. The van der Waals surface area contributed by atoms with Gasteiger partial charge in [0, 0.05) is 0 Å². The lowest BCUT2D eigenvalue weighted by molar-refractivity contribution is -0.139. The van der Waals surface area contributed by atoms with Crippen LogP contribution in [-0.4, -0.2) is 28.8 Å². The van der Waals surface area contributed by atoms with Crippen molar-refractivity contribution in [3.05, 3.63) is 0 Å². The highest BCUT2D eigenvalue weighted by atomic mass is 16.6. The summed E-state index contributed by atoms with van der Waals surface area (Å²) < 4.78 is 5.05. The first-order chi connectivity index (χ1) is 8.28. The van der Waals surface area contributed by atoms with Crippen LogP contribution in [0.4, 0.5) is 4.79 Å². The number of alkyl carbamates (subject to hydrolysis) is 1. The van der Waals surface area contributed by atoms with Crippen LogP contribution < -0.4 is 5.32 Å². The van der Waals surface area contributed by atoms with E-state index in [2.05, 4.69) is 5.32 Å². The Morgan fingerprint density at radius 1 is 1.39 bits per heavy atom. The Labute approximate surface area is 108 Å². The molecule has 1 saturated carbocycles. The second-order valence-corrected chi connectivity index (χ2v) is 5.91. The van der Waals surface area contributed by atoms with E-state index < -0.39 is 23.7 Å². The summed E-state index contributed by atoms with van der Waals surface area (Å²) in [5.41, 5.74) is -0.610. The molecule has 0 bridgehead atoms. The van der Waals surface area contributed by atoms with Crippen molar-refractivity contribution in [2.24, 2.45) is 5.92 Å². The third-order valence-electron chi connectivity index (χ3n) is 3.08. The number of hydrogen-bond donors (Lipinski definition) is 2. The molecule has 2 N–H and O–H groups in total. The van der Waals surface area contributed by atoms with Gasteiger partial charge < -0.3 is 15.2 Å². The fraction of sp³-hybridized carbons (Fsp3) is 0.846. The molecule has 0 aromatic rings. The van der Waals surface area contributed by atoms with Gasteiger partial charge in [-0.15, -0.1) is 0 Å². The SMILES string of the molecule is CC(C)(C)OC(=O)N[C@H](CCC1CCC1)C(=O)O. The lowest BCUT2D eigenvalue weighted by Crippen LogP contribution is -2.43. The van der Waals surface area contributed by atoms with Crippen LogP contribution in [0.5, 0.6) is 0 Å². The zero-order valence-corrected chi connectivity index (χ0v) is 11.4. The quantitative estimate of drug-likeness (QED) is 0.793. The van der Waals surface area contributed by atoms with Gasteiger partial charge in [0.1, 0.15) is 11.6 Å². The average Bonchev–Trinajstić information content (AvgIpc) is 2.10. The molecule has 1 aliphatic carbocycles. The summed E-state index contributed by atoms with van der Waals surface area (Å²) in [6.07, 6.45) is 4.26. The largest absolute Gasteiger partial charge is 0.480 e. The van der Waals surface area contributed by atoms with Crippen molar-refractivity contribution in [3.63, 3.8) is 0 Å². The molecule has 1 rings (SSSR count). The van der Waals surface area contributed by atoms with Crippen LogP contribution >= 0.6 is 0 Å². The minimum atomic E-state index is -1.000. The topological polar surface area (TPSA) is 75.6 Å². The second kappa shape index (κ2) is 6.07. The molecule has 5 heteroatoms. The molecule has 0 heterocycles. The third-order valence-corrected chi connectivity index (χ3v) is 3.08. The van der Waals surface area contributed by atoms with Gasteiger partial charge in [-0.2, -0.15) is 0 Å². The van der Waals surface area contributed by atoms with Gasteiger partial charge in [-0.05, 0) is 39.5 Å². The van der Waals surface area contributed by atoms with Gasteiger partial charge in [-0.25, -0.2) is 9.59 Å². The minimum absolute atomic E-state index is 0.471. The van der Waals surface area contributed by atoms with Gasteiger partial charge >= 0.3 is 12.1 Å². The zero-order chi connectivity index (χ0) is 13.8. The Balaban J connectivity index is 2.36. The number of rotatable bonds is 5. The summed E-state index contributed by atoms with van der Waals surface area (Å²) in [5, 5.41) is 11.5. The predicted molar refractivity (Wildman–Crippen MR) is 67.4 cm³/mol. The summed E-state index contributed by atoms with van der Waals surface area (Å²) in [6, 6.07) is -0.847. The van der Waals surface area contributed by atoms with Crippen molar-refractivity contribution < 1.29 is 19.4 Å². The van der Waals surface area contributed by atoms with Gasteiger partial charge in [-0.1, -0.05) is 19.3 Å². The molecular formula is C13H23NO4. The average molecular weight is 257 g/mol. The highest BCUT2D eigenvalue weighted by Gasteiger charge is 2.26. The molecule has 0 aromatic carbocycles. The molecule has 104 valence electrons. The molecule has 0 spiro atoms. The summed E-state index contributed by atoms with van der Waals surface area (Å²) in [6.45, 7) is 5.24. The Hall–Kier alpha value is -1.26. The maximum atomic E-state index is 11.5. The highest BCUT2D eigenvalue weighted by Crippen LogP contribution is 2.30. The molecular weight excluding hydrogens is 234 g/mol. The molecule has 0 unspecified atom stereocenters. The highest BCUT2D eigenvalue weighted by molar-refractivity contribution is 5.79. The van der Waals surface area contributed by atoms with Crippen LogP contribution in [0.2, 0.25) is 0 Å². The van der Waals surface area contributed by atoms with E-state index in [1.807, 2.05) is 0 Å². The van der Waals surface area contributed by atoms with Crippen LogP contribution in [-0.2, 0) is 9.53 Å². The molecule has 1 aliphatic rings. The van der Waals surface area contributed by atoms with E-state index in [9.17, 15) is 9.59 Å². The second-order valence-electron chi connectivity index (χ2n) is 5.91. The number of hydrogen-bond acceptors (Lipinski definition) is 3. The van der Waals surface area contributed by atoms with Gasteiger partial charge in [0.15, 0.2) is 0 Å². The third kappa shape index (κ3) is 5.38. The number of amides is 1. The fourth-order valence-electron chi connectivity index (χ4n) is 1.89. The molecule has 1 amide bonds. The van der Waals surface area contributed by atoms with E-state index >= 15 is 0 Å². The predicted octanol–water partition coefficient (Wildman–Crippen LogP) is 2.54. The van der Waals surface area contributed by atoms with Crippen molar-refractivity contribution in [2.45, 2.75) is 64.5 Å². The standard InChI is InChI=1S/C13H23NO4/c1-13(2,3)18-12(17)14-10(11(15)16)8-7-9-5-4-6-9/h9-10H,4-8H2,1-3H3,(H,14,17)(H,15,16)/t10-/m1/s1. The molecule has 1 atom stereocenters. The molecule has 0 saturated heterocycles. The maximum Gasteiger partial charge on any atom is 0.408 e.